The topological polar surface area (TPSA) is 116 Å². The van der Waals surface area contributed by atoms with Crippen LogP contribution in [0.25, 0.3) is 16.6 Å². The Kier molecular flexibility index (Phi) is 6.53. The summed E-state index contributed by atoms with van der Waals surface area (Å²) in [5.41, 5.74) is 9.12. The first-order chi connectivity index (χ1) is 19.6. The minimum absolute atomic E-state index is 0.102. The van der Waals surface area contributed by atoms with Crippen molar-refractivity contribution < 1.29 is 14.2 Å². The van der Waals surface area contributed by atoms with Gasteiger partial charge in [-0.25, -0.2) is 13.9 Å². The van der Waals surface area contributed by atoms with Crippen LogP contribution in [0.15, 0.2) is 48.9 Å². The Hall–Kier alpha value is -4.64. The number of nitrogens with zero attached hydrogens (tertiary/aromatic N) is 6. The van der Waals surface area contributed by atoms with E-state index in [2.05, 4.69) is 26.9 Å². The molecule has 2 bridgehead atoms. The highest BCUT2D eigenvalue weighted by Crippen LogP contribution is 2.37. The molecule has 10 heteroatoms. The van der Waals surface area contributed by atoms with Crippen LogP contribution in [-0.4, -0.2) is 62.0 Å². The minimum atomic E-state index is -1.00. The van der Waals surface area contributed by atoms with Gasteiger partial charge in [0.15, 0.2) is 0 Å². The lowest BCUT2D eigenvalue weighted by molar-refractivity contribution is -0.00927. The van der Waals surface area contributed by atoms with Crippen molar-refractivity contribution in [3.63, 3.8) is 0 Å². The van der Waals surface area contributed by atoms with Crippen LogP contribution < -0.4 is 15.4 Å². The van der Waals surface area contributed by atoms with Crippen molar-refractivity contribution in [2.24, 2.45) is 0 Å². The largest absolute Gasteiger partial charge is 0.489 e. The van der Waals surface area contributed by atoms with E-state index in [4.69, 9.17) is 21.9 Å². The number of halogens is 1. The first-order valence-electron chi connectivity index (χ1n) is 13.4. The zero-order valence-corrected chi connectivity index (χ0v) is 22.9. The predicted octanol–water partition coefficient (Wildman–Crippen LogP) is 3.58. The number of nitrogen functional groups attached to an aromatic ring is 1. The molecule has 4 aromatic rings. The summed E-state index contributed by atoms with van der Waals surface area (Å²) in [6.07, 6.45) is 11.5. The van der Waals surface area contributed by atoms with Gasteiger partial charge in [0.25, 0.3) is 0 Å². The van der Waals surface area contributed by atoms with E-state index in [1.807, 2.05) is 18.2 Å². The molecule has 208 valence electrons. The van der Waals surface area contributed by atoms with Crippen molar-refractivity contribution in [2.75, 3.05) is 30.3 Å². The molecule has 0 saturated carbocycles. The summed E-state index contributed by atoms with van der Waals surface area (Å²) in [6.45, 7) is 5.45. The Morgan fingerprint density at radius 1 is 1.22 bits per heavy atom. The van der Waals surface area contributed by atoms with E-state index in [-0.39, 0.29) is 24.5 Å². The van der Waals surface area contributed by atoms with Crippen molar-refractivity contribution in [3.05, 3.63) is 71.4 Å². The number of ether oxygens (including phenoxy) is 1. The van der Waals surface area contributed by atoms with E-state index in [9.17, 15) is 14.8 Å². The molecule has 0 aliphatic carbocycles. The monoisotopic (exact) mass is 551 g/mol. The number of pyridine rings is 2. The van der Waals surface area contributed by atoms with Crippen LogP contribution >= 0.6 is 0 Å². The van der Waals surface area contributed by atoms with Gasteiger partial charge in [-0.3, -0.25) is 4.90 Å². The Labute approximate surface area is 237 Å². The molecule has 3 N–H and O–H groups in total. The highest BCUT2D eigenvalue weighted by molar-refractivity contribution is 5.85. The van der Waals surface area contributed by atoms with E-state index in [1.165, 1.54) is 12.3 Å². The van der Waals surface area contributed by atoms with E-state index < -0.39 is 5.60 Å². The molecule has 41 heavy (non-hydrogen) atoms. The summed E-state index contributed by atoms with van der Waals surface area (Å²) in [4.78, 5) is 9.31. The van der Waals surface area contributed by atoms with Crippen LogP contribution in [0, 0.1) is 29.5 Å². The number of anilines is 2. The number of benzene rings is 1. The maximum atomic E-state index is 14.7. The third kappa shape index (κ3) is 5.04. The van der Waals surface area contributed by atoms with Crippen LogP contribution in [0.1, 0.15) is 37.0 Å². The number of hydrogen-bond acceptors (Lipinski definition) is 8. The van der Waals surface area contributed by atoms with Gasteiger partial charge < -0.3 is 20.5 Å². The minimum Gasteiger partial charge on any atom is -0.489 e. The molecule has 0 radical (unpaired) electrons. The lowest BCUT2D eigenvalue weighted by atomic mass is 9.86. The molecule has 2 unspecified atom stereocenters. The second-order valence-electron chi connectivity index (χ2n) is 11.3. The molecule has 3 saturated heterocycles. The lowest BCUT2D eigenvalue weighted by Crippen LogP contribution is -2.68. The summed E-state index contributed by atoms with van der Waals surface area (Å²) in [7, 11) is 0. The van der Waals surface area contributed by atoms with Crippen molar-refractivity contribution in [1.29, 1.82) is 5.26 Å². The zero-order chi connectivity index (χ0) is 28.9. The Morgan fingerprint density at radius 3 is 2.63 bits per heavy atom. The summed E-state index contributed by atoms with van der Waals surface area (Å²) in [5, 5.41) is 24.1. The fourth-order valence-electron chi connectivity index (χ4n) is 5.69. The molecule has 7 rings (SSSR count). The molecule has 0 amide bonds. The number of hydrogen-bond donors (Lipinski definition) is 2. The molecular weight excluding hydrogens is 521 g/mol. The Morgan fingerprint density at radius 2 is 2.00 bits per heavy atom. The fourth-order valence-corrected chi connectivity index (χ4v) is 5.69. The van der Waals surface area contributed by atoms with Gasteiger partial charge in [0.05, 0.1) is 29.1 Å². The van der Waals surface area contributed by atoms with Gasteiger partial charge in [0, 0.05) is 65.9 Å². The number of aromatic nitrogens is 3. The van der Waals surface area contributed by atoms with Gasteiger partial charge in [0.2, 0.25) is 0 Å². The first-order valence-corrected chi connectivity index (χ1v) is 13.4. The molecule has 3 aromatic heterocycles. The lowest BCUT2D eigenvalue weighted by Gasteiger charge is -2.56. The molecular formula is C31H30FN7O2. The number of aliphatic hydroxyl groups is 1. The molecule has 3 fully saturated rings. The van der Waals surface area contributed by atoms with E-state index in [0.29, 0.717) is 40.2 Å². The highest BCUT2D eigenvalue weighted by Gasteiger charge is 2.45. The van der Waals surface area contributed by atoms with Gasteiger partial charge >= 0.3 is 0 Å². The maximum absolute atomic E-state index is 14.7. The number of rotatable bonds is 7. The van der Waals surface area contributed by atoms with Crippen LogP contribution in [0.5, 0.6) is 5.75 Å². The van der Waals surface area contributed by atoms with E-state index in [1.54, 1.807) is 36.8 Å². The molecule has 0 spiro atoms. The number of nitrogens with two attached hydrogens (primary N) is 1. The van der Waals surface area contributed by atoms with Gasteiger partial charge in [0.1, 0.15) is 30.1 Å². The standard InChI is InChI=1S/C31H30FN7O2/c1-4-19-7-27(32)26(28(34)8-19)17-38-22-9-23(38)15-37(14-22)29-6-5-20(12-35-29)25-10-24(41-18-31(2,3)40)16-39-30(25)21(11-33)13-36-39/h1,5-8,10,12-13,16,22-23,40H,9,14-15,17-18,34H2,2-3H3. The number of nitriles is 1. The molecule has 9 nitrogen and oxygen atoms in total. The van der Waals surface area contributed by atoms with Crippen LogP contribution in [0.4, 0.5) is 15.9 Å². The highest BCUT2D eigenvalue weighted by atomic mass is 19.1. The molecule has 3 aliphatic heterocycles. The molecule has 6 heterocycles. The van der Waals surface area contributed by atoms with Gasteiger partial charge in [-0.05, 0) is 50.6 Å². The van der Waals surface area contributed by atoms with Gasteiger partial charge in [-0.2, -0.15) is 10.4 Å². The van der Waals surface area contributed by atoms with Crippen molar-refractivity contribution in [2.45, 2.75) is 44.5 Å². The number of piperidine rings is 1. The van der Waals surface area contributed by atoms with Crippen LogP contribution in [0.3, 0.4) is 0 Å². The second-order valence-corrected chi connectivity index (χ2v) is 11.3. The van der Waals surface area contributed by atoms with Crippen LogP contribution in [0.2, 0.25) is 0 Å². The van der Waals surface area contributed by atoms with E-state index >= 15 is 0 Å². The normalized spacial score (nSPS) is 18.5. The average Bonchev–Trinajstić information content (AvgIpc) is 3.38. The second kappa shape index (κ2) is 10.1. The number of terminal acetylenes is 1. The smallest absolute Gasteiger partial charge is 0.138 e. The molecule has 3 aliphatic rings. The van der Waals surface area contributed by atoms with Crippen molar-refractivity contribution in [3.8, 4) is 35.3 Å². The zero-order valence-electron chi connectivity index (χ0n) is 22.9. The Bertz CT molecular complexity index is 1680. The number of fused-ring (bicyclic) bond motifs is 3. The first kappa shape index (κ1) is 26.6. The average molecular weight is 552 g/mol. The quantitative estimate of drug-likeness (QED) is 0.265. The third-order valence-electron chi connectivity index (χ3n) is 7.76. The summed E-state index contributed by atoms with van der Waals surface area (Å²) >= 11 is 0. The molecule has 1 aromatic carbocycles. The van der Waals surface area contributed by atoms with Crippen LogP contribution in [-0.2, 0) is 6.54 Å². The maximum Gasteiger partial charge on any atom is 0.138 e. The summed E-state index contributed by atoms with van der Waals surface area (Å²) in [5.74, 6) is 3.45. The fraction of sp³-hybridized carbons (Fsp3) is 0.323. The third-order valence-corrected chi connectivity index (χ3v) is 7.76. The summed E-state index contributed by atoms with van der Waals surface area (Å²) in [6, 6.07) is 11.6. The Balaban J connectivity index is 1.20. The van der Waals surface area contributed by atoms with E-state index in [0.717, 1.165) is 36.5 Å². The molecule has 2 atom stereocenters. The SMILES string of the molecule is C#Cc1cc(N)c(CN2C3CC2CN(c2ccc(-c4cc(OCC(C)(C)O)cn5ncc(C#N)c45)cn2)C3)c(F)c1. The van der Waals surface area contributed by atoms with Crippen molar-refractivity contribution >= 4 is 17.0 Å². The predicted molar refractivity (Wildman–Crippen MR) is 154 cm³/mol. The van der Waals surface area contributed by atoms with Gasteiger partial charge in [-0.1, -0.05) is 5.92 Å². The summed E-state index contributed by atoms with van der Waals surface area (Å²) < 4.78 is 22.1. The van der Waals surface area contributed by atoms with Crippen molar-refractivity contribution in [1.82, 2.24) is 19.5 Å². The van der Waals surface area contributed by atoms with Gasteiger partial charge in [-0.15, -0.1) is 6.42 Å². The number of piperazine rings is 1.